The maximum absolute atomic E-state index is 13.3. The van der Waals surface area contributed by atoms with Crippen LogP contribution in [0.15, 0.2) is 53.4 Å². The van der Waals surface area contributed by atoms with Crippen LogP contribution >= 0.6 is 0 Å². The van der Waals surface area contributed by atoms with E-state index in [0.717, 1.165) is 5.56 Å². The first-order valence-corrected chi connectivity index (χ1v) is 10.5. The molecule has 27 heavy (non-hydrogen) atoms. The van der Waals surface area contributed by atoms with Gasteiger partial charge in [0.05, 0.1) is 17.1 Å². The van der Waals surface area contributed by atoms with E-state index in [1.807, 2.05) is 20.8 Å². The number of amides is 1. The molecule has 0 saturated heterocycles. The average Bonchev–Trinajstić information content (AvgIpc) is 2.68. The Hall–Kier alpha value is -2.54. The Balaban J connectivity index is 2.03. The normalized spacial score (nSPS) is 16.4. The molecule has 0 radical (unpaired) electrons. The maximum Gasteiger partial charge on any atom is 0.265 e. The SMILES string of the molecule is CCN(CC)C(=O)[C@@H]1CN(S(=O)(=O)c2ccc(C)cc2)c2ccccc2O1. The summed E-state index contributed by atoms with van der Waals surface area (Å²) >= 11 is 0. The van der Waals surface area contributed by atoms with Crippen LogP contribution in [-0.2, 0) is 14.8 Å². The highest BCUT2D eigenvalue weighted by molar-refractivity contribution is 7.92. The van der Waals surface area contributed by atoms with Crippen LogP contribution in [0.1, 0.15) is 19.4 Å². The highest BCUT2D eigenvalue weighted by Crippen LogP contribution is 2.37. The van der Waals surface area contributed by atoms with Gasteiger partial charge in [0, 0.05) is 13.1 Å². The number of ether oxygens (including phenoxy) is 1. The van der Waals surface area contributed by atoms with Crippen molar-refractivity contribution in [3.63, 3.8) is 0 Å². The number of rotatable bonds is 5. The second kappa shape index (κ2) is 7.60. The minimum atomic E-state index is -3.82. The Morgan fingerprint density at radius 2 is 1.74 bits per heavy atom. The molecule has 3 rings (SSSR count). The average molecular weight is 388 g/mol. The van der Waals surface area contributed by atoms with Gasteiger partial charge in [0.25, 0.3) is 15.9 Å². The molecule has 1 heterocycles. The van der Waals surface area contributed by atoms with Crippen molar-refractivity contribution in [3.05, 3.63) is 54.1 Å². The second-order valence-electron chi connectivity index (χ2n) is 6.43. The zero-order valence-corrected chi connectivity index (χ0v) is 16.6. The smallest absolute Gasteiger partial charge is 0.265 e. The van der Waals surface area contributed by atoms with E-state index in [9.17, 15) is 13.2 Å². The minimum Gasteiger partial charge on any atom is -0.476 e. The maximum atomic E-state index is 13.3. The highest BCUT2D eigenvalue weighted by atomic mass is 32.2. The molecule has 0 unspecified atom stereocenters. The minimum absolute atomic E-state index is 0.0530. The van der Waals surface area contributed by atoms with E-state index < -0.39 is 16.1 Å². The molecule has 6 nitrogen and oxygen atoms in total. The molecular weight excluding hydrogens is 364 g/mol. The number of aryl methyl sites for hydroxylation is 1. The lowest BCUT2D eigenvalue weighted by molar-refractivity contribution is -0.138. The van der Waals surface area contributed by atoms with Gasteiger partial charge in [0.2, 0.25) is 0 Å². The van der Waals surface area contributed by atoms with Crippen LogP contribution in [-0.4, -0.2) is 45.0 Å². The summed E-state index contributed by atoms with van der Waals surface area (Å²) in [5.74, 6) is 0.184. The van der Waals surface area contributed by atoms with Gasteiger partial charge in [0.1, 0.15) is 5.75 Å². The molecule has 0 aromatic heterocycles. The van der Waals surface area contributed by atoms with Crippen molar-refractivity contribution in [2.75, 3.05) is 23.9 Å². The van der Waals surface area contributed by atoms with Gasteiger partial charge in [-0.3, -0.25) is 9.10 Å². The summed E-state index contributed by atoms with van der Waals surface area (Å²) in [5, 5.41) is 0. The number of carbonyl (C=O) groups excluding carboxylic acids is 1. The van der Waals surface area contributed by atoms with Crippen LogP contribution in [0.25, 0.3) is 0 Å². The summed E-state index contributed by atoms with van der Waals surface area (Å²) in [6, 6.07) is 13.6. The molecular formula is C20H24N2O4S. The van der Waals surface area contributed by atoms with Gasteiger partial charge in [-0.25, -0.2) is 8.42 Å². The van der Waals surface area contributed by atoms with Gasteiger partial charge < -0.3 is 9.64 Å². The van der Waals surface area contributed by atoms with Crippen molar-refractivity contribution >= 4 is 21.6 Å². The van der Waals surface area contributed by atoms with Gasteiger partial charge in [0.15, 0.2) is 6.10 Å². The summed E-state index contributed by atoms with van der Waals surface area (Å²) in [5.41, 5.74) is 1.42. The van der Waals surface area contributed by atoms with Crippen LogP contribution in [0, 0.1) is 6.92 Å². The van der Waals surface area contributed by atoms with Crippen molar-refractivity contribution in [1.82, 2.24) is 4.90 Å². The second-order valence-corrected chi connectivity index (χ2v) is 8.30. The van der Waals surface area contributed by atoms with Crippen LogP contribution in [0.3, 0.4) is 0 Å². The van der Waals surface area contributed by atoms with E-state index in [-0.39, 0.29) is 17.3 Å². The number of carbonyl (C=O) groups is 1. The molecule has 2 aromatic carbocycles. The Kier molecular flexibility index (Phi) is 5.41. The fourth-order valence-corrected chi connectivity index (χ4v) is 4.61. The van der Waals surface area contributed by atoms with Gasteiger partial charge in [-0.1, -0.05) is 29.8 Å². The number of likely N-dealkylation sites (N-methyl/N-ethyl adjacent to an activating group) is 1. The summed E-state index contributed by atoms with van der Waals surface area (Å²) in [7, 11) is -3.82. The molecule has 0 fully saturated rings. The van der Waals surface area contributed by atoms with E-state index in [1.165, 1.54) is 4.31 Å². The Labute approximate surface area is 160 Å². The fourth-order valence-electron chi connectivity index (χ4n) is 3.13. The molecule has 1 aliphatic heterocycles. The molecule has 144 valence electrons. The zero-order valence-electron chi connectivity index (χ0n) is 15.8. The largest absolute Gasteiger partial charge is 0.476 e. The standard InChI is InChI=1S/C20H24N2O4S/c1-4-21(5-2)20(23)19-14-22(17-8-6-7-9-18(17)26-19)27(24,25)16-12-10-15(3)11-13-16/h6-13,19H,4-5,14H2,1-3H3/t19-/m0/s1. The number of hydrogen-bond donors (Lipinski definition) is 0. The number of sulfonamides is 1. The van der Waals surface area contributed by atoms with Crippen molar-refractivity contribution in [1.29, 1.82) is 0 Å². The highest BCUT2D eigenvalue weighted by Gasteiger charge is 2.38. The van der Waals surface area contributed by atoms with Crippen molar-refractivity contribution in [2.24, 2.45) is 0 Å². The lowest BCUT2D eigenvalue weighted by atomic mass is 10.2. The van der Waals surface area contributed by atoms with Gasteiger partial charge in [-0.2, -0.15) is 0 Å². The van der Waals surface area contributed by atoms with Crippen LogP contribution in [0.2, 0.25) is 0 Å². The Morgan fingerprint density at radius 3 is 2.37 bits per heavy atom. The number of anilines is 1. The summed E-state index contributed by atoms with van der Waals surface area (Å²) in [6.45, 7) is 6.71. The van der Waals surface area contributed by atoms with Crippen molar-refractivity contribution in [2.45, 2.75) is 31.8 Å². The Morgan fingerprint density at radius 1 is 1.11 bits per heavy atom. The first-order valence-electron chi connectivity index (χ1n) is 9.02. The third kappa shape index (κ3) is 3.64. The molecule has 0 bridgehead atoms. The summed E-state index contributed by atoms with van der Waals surface area (Å²) in [6.07, 6.45) is -0.875. The topological polar surface area (TPSA) is 66.9 Å². The van der Waals surface area contributed by atoms with Crippen LogP contribution < -0.4 is 9.04 Å². The van der Waals surface area contributed by atoms with E-state index in [2.05, 4.69) is 0 Å². The quantitative estimate of drug-likeness (QED) is 0.790. The molecule has 7 heteroatoms. The van der Waals surface area contributed by atoms with Crippen LogP contribution in [0.5, 0.6) is 5.75 Å². The molecule has 0 N–H and O–H groups in total. The summed E-state index contributed by atoms with van der Waals surface area (Å²) < 4.78 is 33.7. The fraction of sp³-hybridized carbons (Fsp3) is 0.350. The number of hydrogen-bond acceptors (Lipinski definition) is 4. The molecule has 1 atom stereocenters. The zero-order chi connectivity index (χ0) is 19.6. The Bertz CT molecular complexity index is 921. The van der Waals surface area contributed by atoms with Gasteiger partial charge in [-0.15, -0.1) is 0 Å². The molecule has 0 aliphatic carbocycles. The lowest BCUT2D eigenvalue weighted by Gasteiger charge is -2.36. The van der Waals surface area contributed by atoms with E-state index in [1.54, 1.807) is 53.4 Å². The van der Waals surface area contributed by atoms with Crippen LogP contribution in [0.4, 0.5) is 5.69 Å². The van der Waals surface area contributed by atoms with Gasteiger partial charge >= 0.3 is 0 Å². The third-order valence-electron chi connectivity index (χ3n) is 4.69. The van der Waals surface area contributed by atoms with Gasteiger partial charge in [-0.05, 0) is 45.0 Å². The van der Waals surface area contributed by atoms with Crippen molar-refractivity contribution < 1.29 is 17.9 Å². The monoisotopic (exact) mass is 388 g/mol. The molecule has 0 spiro atoms. The molecule has 1 amide bonds. The third-order valence-corrected chi connectivity index (χ3v) is 6.49. The van der Waals surface area contributed by atoms with Crippen molar-refractivity contribution in [3.8, 4) is 5.75 Å². The molecule has 2 aromatic rings. The predicted molar refractivity (Wildman–Crippen MR) is 104 cm³/mol. The summed E-state index contributed by atoms with van der Waals surface area (Å²) in [4.78, 5) is 14.6. The molecule has 1 aliphatic rings. The first kappa shape index (κ1) is 19.2. The number of benzene rings is 2. The van der Waals surface area contributed by atoms with E-state index >= 15 is 0 Å². The lowest BCUT2D eigenvalue weighted by Crippen LogP contribution is -2.51. The van der Waals surface area contributed by atoms with E-state index in [0.29, 0.717) is 24.5 Å². The molecule has 0 saturated carbocycles. The number of fused-ring (bicyclic) bond motifs is 1. The first-order chi connectivity index (χ1) is 12.9. The predicted octanol–water partition coefficient (Wildman–Crippen LogP) is 2.82. The van der Waals surface area contributed by atoms with E-state index in [4.69, 9.17) is 4.74 Å². The number of nitrogens with zero attached hydrogens (tertiary/aromatic N) is 2. The number of para-hydroxylation sites is 2.